The van der Waals surface area contributed by atoms with E-state index < -0.39 is 0 Å². The van der Waals surface area contributed by atoms with Gasteiger partial charge in [0.1, 0.15) is 5.75 Å². The smallest absolute Gasteiger partial charge is 0.165 e. The molecule has 6 heteroatoms. The third-order valence-corrected chi connectivity index (χ3v) is 6.65. The van der Waals surface area contributed by atoms with Crippen molar-refractivity contribution in [1.29, 1.82) is 0 Å². The number of para-hydroxylation sites is 1. The van der Waals surface area contributed by atoms with Gasteiger partial charge in [-0.25, -0.2) is 0 Å². The molecule has 5 nitrogen and oxygen atoms in total. The molecule has 1 fully saturated rings. The Balaban J connectivity index is 1.96. The highest BCUT2D eigenvalue weighted by molar-refractivity contribution is 7.97. The molecule has 0 aromatic heterocycles. The molecule has 2 aromatic carbocycles. The van der Waals surface area contributed by atoms with Gasteiger partial charge in [-0.05, 0) is 61.7 Å². The van der Waals surface area contributed by atoms with E-state index >= 15 is 0 Å². The first-order chi connectivity index (χ1) is 15.6. The molecule has 1 aliphatic rings. The van der Waals surface area contributed by atoms with Crippen molar-refractivity contribution in [3.8, 4) is 11.5 Å². The number of unbranched alkanes of at least 4 members (excludes halogenated alkanes) is 2. The molecule has 0 aliphatic carbocycles. The molecule has 0 atom stereocenters. The van der Waals surface area contributed by atoms with Gasteiger partial charge >= 0.3 is 0 Å². The van der Waals surface area contributed by atoms with Crippen molar-refractivity contribution in [2.24, 2.45) is 5.14 Å². The number of piperazine rings is 1. The average Bonchev–Trinajstić information content (AvgIpc) is 2.82. The zero-order valence-corrected chi connectivity index (χ0v) is 20.9. The molecule has 176 valence electrons. The summed E-state index contributed by atoms with van der Waals surface area (Å²) in [6.45, 7) is 12.0. The molecule has 0 saturated carbocycles. The fraction of sp³-hybridized carbons (Fsp3) is 0.538. The Morgan fingerprint density at radius 2 is 1.62 bits per heavy atom. The Morgan fingerprint density at radius 1 is 0.969 bits per heavy atom. The van der Waals surface area contributed by atoms with Crippen molar-refractivity contribution in [3.63, 3.8) is 0 Å². The van der Waals surface area contributed by atoms with Crippen molar-refractivity contribution in [3.05, 3.63) is 48.0 Å². The van der Waals surface area contributed by atoms with E-state index in [1.54, 1.807) is 0 Å². The molecule has 0 radical (unpaired) electrons. The molecule has 2 aromatic rings. The average molecular weight is 457 g/mol. The third kappa shape index (κ3) is 7.14. The lowest BCUT2D eigenvalue weighted by atomic mass is 10.1. The van der Waals surface area contributed by atoms with Crippen LogP contribution >= 0.6 is 11.9 Å². The third-order valence-electron chi connectivity index (χ3n) is 6.09. The number of hydrogen-bond donors (Lipinski definition) is 1. The van der Waals surface area contributed by atoms with Crippen molar-refractivity contribution < 1.29 is 4.74 Å². The van der Waals surface area contributed by atoms with Crippen LogP contribution in [0.1, 0.15) is 45.1 Å². The second-order valence-electron chi connectivity index (χ2n) is 8.75. The maximum Gasteiger partial charge on any atom is 0.165 e. The zero-order valence-electron chi connectivity index (χ0n) is 20.1. The molecular weight excluding hydrogens is 416 g/mol. The van der Waals surface area contributed by atoms with Crippen LogP contribution in [0.3, 0.4) is 0 Å². The number of nitrogens with two attached hydrogens (primary N) is 1. The van der Waals surface area contributed by atoms with E-state index in [0.29, 0.717) is 0 Å². The van der Waals surface area contributed by atoms with Crippen molar-refractivity contribution in [1.82, 2.24) is 9.80 Å². The van der Waals surface area contributed by atoms with Crippen LogP contribution < -0.4 is 14.8 Å². The fourth-order valence-electron chi connectivity index (χ4n) is 4.08. The van der Waals surface area contributed by atoms with Crippen molar-refractivity contribution in [2.45, 2.75) is 51.0 Å². The molecule has 0 spiro atoms. The van der Waals surface area contributed by atoms with Gasteiger partial charge in [-0.3, -0.25) is 10.0 Å². The highest BCUT2D eigenvalue weighted by Gasteiger charge is 2.21. The van der Waals surface area contributed by atoms with E-state index in [1.165, 1.54) is 48.9 Å². The monoisotopic (exact) mass is 456 g/mol. The summed E-state index contributed by atoms with van der Waals surface area (Å²) >= 11 is 1.29. The van der Waals surface area contributed by atoms with Gasteiger partial charge in [0.2, 0.25) is 0 Å². The molecule has 0 amide bonds. The summed E-state index contributed by atoms with van der Waals surface area (Å²) in [6, 6.07) is 14.6. The number of ether oxygens (including phenoxy) is 1. The van der Waals surface area contributed by atoms with Crippen LogP contribution in [0, 0.1) is 0 Å². The maximum absolute atomic E-state index is 6.47. The highest BCUT2D eigenvalue weighted by Crippen LogP contribution is 2.41. The molecule has 2 N–H and O–H groups in total. The van der Waals surface area contributed by atoms with Crippen LogP contribution in [0.5, 0.6) is 11.5 Å². The van der Waals surface area contributed by atoms with Gasteiger partial charge in [0, 0.05) is 45.8 Å². The Hall–Kier alpha value is -1.73. The first-order valence-electron chi connectivity index (χ1n) is 12.1. The summed E-state index contributed by atoms with van der Waals surface area (Å²) in [5, 5.41) is 6.19. The lowest BCUT2D eigenvalue weighted by molar-refractivity contribution is 0.148. The van der Waals surface area contributed by atoms with Gasteiger partial charge in [-0.2, -0.15) is 0 Å². The van der Waals surface area contributed by atoms with Gasteiger partial charge in [0.25, 0.3) is 0 Å². The van der Waals surface area contributed by atoms with Crippen LogP contribution in [0.4, 0.5) is 5.69 Å². The Labute approximate surface area is 199 Å². The van der Waals surface area contributed by atoms with E-state index in [0.717, 1.165) is 62.2 Å². The minimum Gasteiger partial charge on any atom is -0.454 e. The number of benzene rings is 2. The Bertz CT molecular complexity index is 801. The van der Waals surface area contributed by atoms with E-state index in [2.05, 4.69) is 47.7 Å². The SMILES string of the molecule is CCCCN(CCCC)c1cc(CN2CCN(C)CC2)cc(SN)c1Oc1ccccc1. The summed E-state index contributed by atoms with van der Waals surface area (Å²) in [5.74, 6) is 1.74. The first-order valence-corrected chi connectivity index (χ1v) is 12.9. The van der Waals surface area contributed by atoms with Crippen molar-refractivity contribution in [2.75, 3.05) is 51.2 Å². The van der Waals surface area contributed by atoms with Gasteiger partial charge < -0.3 is 14.5 Å². The second-order valence-corrected chi connectivity index (χ2v) is 9.42. The summed E-state index contributed by atoms with van der Waals surface area (Å²) in [5.41, 5.74) is 2.49. The molecule has 1 saturated heterocycles. The number of anilines is 1. The quantitative estimate of drug-likeness (QED) is 0.420. The molecule has 1 heterocycles. The summed E-state index contributed by atoms with van der Waals surface area (Å²) < 4.78 is 6.47. The van der Waals surface area contributed by atoms with Gasteiger partial charge in [0.15, 0.2) is 5.75 Å². The molecule has 0 bridgehead atoms. The second kappa shape index (κ2) is 13.1. The Morgan fingerprint density at radius 3 is 2.22 bits per heavy atom. The maximum atomic E-state index is 6.47. The fourth-order valence-corrected chi connectivity index (χ4v) is 4.55. The lowest BCUT2D eigenvalue weighted by Crippen LogP contribution is -2.43. The van der Waals surface area contributed by atoms with Crippen LogP contribution in [-0.2, 0) is 6.54 Å². The van der Waals surface area contributed by atoms with E-state index in [9.17, 15) is 0 Å². The first kappa shape index (κ1) is 24.9. The van der Waals surface area contributed by atoms with Crippen LogP contribution in [-0.4, -0.2) is 56.1 Å². The van der Waals surface area contributed by atoms with Crippen LogP contribution in [0.15, 0.2) is 47.4 Å². The van der Waals surface area contributed by atoms with Crippen LogP contribution in [0.25, 0.3) is 0 Å². The molecular formula is C26H40N4OS. The van der Waals surface area contributed by atoms with E-state index in [4.69, 9.17) is 9.88 Å². The van der Waals surface area contributed by atoms with E-state index in [-0.39, 0.29) is 0 Å². The van der Waals surface area contributed by atoms with Crippen molar-refractivity contribution >= 4 is 17.6 Å². The van der Waals surface area contributed by atoms with Gasteiger partial charge in [-0.1, -0.05) is 44.9 Å². The molecule has 32 heavy (non-hydrogen) atoms. The summed E-state index contributed by atoms with van der Waals surface area (Å²) in [7, 11) is 2.20. The molecule has 0 unspecified atom stereocenters. The highest BCUT2D eigenvalue weighted by atomic mass is 32.2. The number of likely N-dealkylation sites (N-methyl/N-ethyl adjacent to an activating group) is 1. The van der Waals surface area contributed by atoms with Gasteiger partial charge in [-0.15, -0.1) is 0 Å². The summed E-state index contributed by atoms with van der Waals surface area (Å²) in [6.07, 6.45) is 4.69. The predicted molar refractivity (Wildman–Crippen MR) is 138 cm³/mol. The number of hydrogen-bond acceptors (Lipinski definition) is 6. The number of rotatable bonds is 12. The number of nitrogens with zero attached hydrogens (tertiary/aromatic N) is 3. The minimum atomic E-state index is 0.849. The van der Waals surface area contributed by atoms with Gasteiger partial charge in [0.05, 0.1) is 10.6 Å². The normalized spacial score (nSPS) is 15.1. The minimum absolute atomic E-state index is 0.849. The molecule has 3 rings (SSSR count). The standard InChI is InChI=1S/C26H40N4OS/c1-4-6-13-30(14-7-5-2)24-19-22(21-29-17-15-28(3)16-18-29)20-25(32-27)26(24)31-23-11-9-8-10-12-23/h8-12,19-20H,4-7,13-18,21,27H2,1-3H3. The van der Waals surface area contributed by atoms with Crippen LogP contribution in [0.2, 0.25) is 0 Å². The predicted octanol–water partition coefficient (Wildman–Crippen LogP) is 5.60. The topological polar surface area (TPSA) is 45.0 Å². The lowest BCUT2D eigenvalue weighted by Gasteiger charge is -2.33. The zero-order chi connectivity index (χ0) is 22.8. The van der Waals surface area contributed by atoms with E-state index in [1.807, 2.05) is 30.3 Å². The Kier molecular flexibility index (Phi) is 10.2. The largest absolute Gasteiger partial charge is 0.454 e. The molecule has 1 aliphatic heterocycles. The summed E-state index contributed by atoms with van der Waals surface area (Å²) in [4.78, 5) is 8.47.